The number of rotatable bonds is 5. The maximum Gasteiger partial charge on any atom is 0.255 e. The van der Waals surface area contributed by atoms with E-state index < -0.39 is 17.5 Å². The minimum absolute atomic E-state index is 0.104. The van der Waals surface area contributed by atoms with Crippen LogP contribution >= 0.6 is 0 Å². The van der Waals surface area contributed by atoms with Crippen molar-refractivity contribution < 1.29 is 18.4 Å². The lowest BCUT2D eigenvalue weighted by Gasteiger charge is -2.09. The molecule has 3 aromatic rings. The molecule has 0 saturated carbocycles. The molecule has 7 heteroatoms. The van der Waals surface area contributed by atoms with Crippen molar-refractivity contribution in [3.8, 4) is 0 Å². The van der Waals surface area contributed by atoms with Crippen LogP contribution in [0, 0.1) is 11.6 Å². The molecule has 0 unspecified atom stereocenters. The fourth-order valence-electron chi connectivity index (χ4n) is 2.38. The van der Waals surface area contributed by atoms with Gasteiger partial charge in [0.1, 0.15) is 5.82 Å². The van der Waals surface area contributed by atoms with Crippen LogP contribution in [0.2, 0.25) is 0 Å². The second-order valence-corrected chi connectivity index (χ2v) is 5.77. The number of Topliss-reactive ketones (excluding diaryl/α,β-unsaturated/α-hetero) is 1. The van der Waals surface area contributed by atoms with Crippen LogP contribution < -0.4 is 10.6 Å². The lowest BCUT2D eigenvalue weighted by molar-refractivity contribution is 0.101. The quantitative estimate of drug-likeness (QED) is 0.649. The molecule has 0 bridgehead atoms. The van der Waals surface area contributed by atoms with E-state index in [1.807, 2.05) is 0 Å². The molecule has 27 heavy (non-hydrogen) atoms. The summed E-state index contributed by atoms with van der Waals surface area (Å²) in [4.78, 5) is 27.9. The van der Waals surface area contributed by atoms with Crippen molar-refractivity contribution in [2.45, 2.75) is 6.92 Å². The van der Waals surface area contributed by atoms with Gasteiger partial charge >= 0.3 is 0 Å². The standard InChI is InChI=1S/C20H15F2N3O2/c1-12(26)13-3-2-4-15(9-13)25-20(27)14-7-8-23-19(10-14)24-16-5-6-17(21)18(22)11-16/h2-11H,1H3,(H,23,24)(H,25,27). The number of benzene rings is 2. The van der Waals surface area contributed by atoms with Crippen LogP contribution in [0.1, 0.15) is 27.6 Å². The van der Waals surface area contributed by atoms with E-state index in [0.29, 0.717) is 28.3 Å². The van der Waals surface area contributed by atoms with Crippen LogP contribution in [0.15, 0.2) is 60.8 Å². The third-order valence-corrected chi connectivity index (χ3v) is 3.74. The van der Waals surface area contributed by atoms with Crippen LogP contribution in [0.4, 0.5) is 26.0 Å². The molecule has 1 aromatic heterocycles. The minimum atomic E-state index is -0.987. The summed E-state index contributed by atoms with van der Waals surface area (Å²) < 4.78 is 26.3. The van der Waals surface area contributed by atoms with E-state index in [-0.39, 0.29) is 5.78 Å². The number of pyridine rings is 1. The second-order valence-electron chi connectivity index (χ2n) is 5.77. The zero-order valence-corrected chi connectivity index (χ0v) is 14.3. The van der Waals surface area contributed by atoms with Gasteiger partial charge in [-0.05, 0) is 43.3 Å². The van der Waals surface area contributed by atoms with Crippen molar-refractivity contribution in [2.24, 2.45) is 0 Å². The molecule has 0 aliphatic heterocycles. The predicted molar refractivity (Wildman–Crippen MR) is 98.3 cm³/mol. The third-order valence-electron chi connectivity index (χ3n) is 3.74. The van der Waals surface area contributed by atoms with E-state index in [9.17, 15) is 18.4 Å². The van der Waals surface area contributed by atoms with Crippen molar-refractivity contribution in [1.82, 2.24) is 4.98 Å². The minimum Gasteiger partial charge on any atom is -0.340 e. The van der Waals surface area contributed by atoms with Gasteiger partial charge < -0.3 is 10.6 Å². The molecule has 5 nitrogen and oxygen atoms in total. The van der Waals surface area contributed by atoms with E-state index in [4.69, 9.17) is 0 Å². The Morgan fingerprint density at radius 1 is 0.889 bits per heavy atom. The van der Waals surface area contributed by atoms with Gasteiger partial charge in [0.15, 0.2) is 17.4 Å². The first kappa shape index (κ1) is 18.2. The largest absolute Gasteiger partial charge is 0.340 e. The molecule has 136 valence electrons. The maximum absolute atomic E-state index is 13.3. The zero-order chi connectivity index (χ0) is 19.4. The number of nitrogens with zero attached hydrogens (tertiary/aromatic N) is 1. The van der Waals surface area contributed by atoms with Gasteiger partial charge in [0.2, 0.25) is 0 Å². The fraction of sp³-hybridized carbons (Fsp3) is 0.0500. The number of hydrogen-bond donors (Lipinski definition) is 2. The first-order valence-electron chi connectivity index (χ1n) is 8.03. The molecule has 0 aliphatic carbocycles. The Bertz CT molecular complexity index is 1020. The van der Waals surface area contributed by atoms with E-state index >= 15 is 0 Å². The van der Waals surface area contributed by atoms with Crippen molar-refractivity contribution >= 4 is 28.9 Å². The SMILES string of the molecule is CC(=O)c1cccc(NC(=O)c2ccnc(Nc3ccc(F)c(F)c3)c2)c1. The van der Waals surface area contributed by atoms with Gasteiger partial charge in [0.25, 0.3) is 5.91 Å². The molecule has 0 spiro atoms. The highest BCUT2D eigenvalue weighted by atomic mass is 19.2. The molecule has 2 N–H and O–H groups in total. The lowest BCUT2D eigenvalue weighted by atomic mass is 10.1. The number of amides is 1. The Kier molecular flexibility index (Phi) is 5.21. The molecule has 0 saturated heterocycles. The summed E-state index contributed by atoms with van der Waals surface area (Å²) in [6.45, 7) is 1.44. The number of ketones is 1. The van der Waals surface area contributed by atoms with Gasteiger partial charge in [0, 0.05) is 34.8 Å². The number of carbonyl (C=O) groups is 2. The highest BCUT2D eigenvalue weighted by Crippen LogP contribution is 2.19. The van der Waals surface area contributed by atoms with Crippen molar-refractivity contribution in [3.63, 3.8) is 0 Å². The van der Waals surface area contributed by atoms with E-state index in [0.717, 1.165) is 12.1 Å². The van der Waals surface area contributed by atoms with E-state index in [2.05, 4.69) is 15.6 Å². The smallest absolute Gasteiger partial charge is 0.255 e. The van der Waals surface area contributed by atoms with Crippen molar-refractivity contribution in [3.05, 3.63) is 83.6 Å². The highest BCUT2D eigenvalue weighted by molar-refractivity contribution is 6.05. The van der Waals surface area contributed by atoms with Gasteiger partial charge in [-0.25, -0.2) is 13.8 Å². The molecular formula is C20H15F2N3O2. The van der Waals surface area contributed by atoms with Gasteiger partial charge in [-0.3, -0.25) is 9.59 Å². The summed E-state index contributed by atoms with van der Waals surface area (Å²) >= 11 is 0. The fourth-order valence-corrected chi connectivity index (χ4v) is 2.38. The maximum atomic E-state index is 13.3. The normalized spacial score (nSPS) is 10.3. The average Bonchev–Trinajstić information content (AvgIpc) is 2.65. The molecule has 0 radical (unpaired) electrons. The summed E-state index contributed by atoms with van der Waals surface area (Å²) in [7, 11) is 0. The summed E-state index contributed by atoms with van der Waals surface area (Å²) in [5, 5.41) is 5.52. The molecule has 0 aliphatic rings. The predicted octanol–water partition coefficient (Wildman–Crippen LogP) is 4.56. The van der Waals surface area contributed by atoms with Crippen LogP contribution in [0.3, 0.4) is 0 Å². The van der Waals surface area contributed by atoms with E-state index in [1.54, 1.807) is 24.3 Å². The Labute approximate surface area is 154 Å². The van der Waals surface area contributed by atoms with Crippen LogP contribution in [-0.2, 0) is 0 Å². The van der Waals surface area contributed by atoms with Crippen LogP contribution in [0.25, 0.3) is 0 Å². The van der Waals surface area contributed by atoms with Crippen LogP contribution in [-0.4, -0.2) is 16.7 Å². The highest BCUT2D eigenvalue weighted by Gasteiger charge is 2.10. The molecule has 1 heterocycles. The summed E-state index contributed by atoms with van der Waals surface area (Å²) in [6, 6.07) is 12.9. The molecule has 0 atom stereocenters. The number of anilines is 3. The molecule has 3 rings (SSSR count). The summed E-state index contributed by atoms with van der Waals surface area (Å²) in [6.07, 6.45) is 1.42. The summed E-state index contributed by atoms with van der Waals surface area (Å²) in [5.74, 6) is -2.14. The molecule has 1 amide bonds. The number of nitrogens with one attached hydrogen (secondary N) is 2. The molecule has 0 fully saturated rings. The lowest BCUT2D eigenvalue weighted by Crippen LogP contribution is -2.12. The number of carbonyl (C=O) groups excluding carboxylic acids is 2. The van der Waals surface area contributed by atoms with Gasteiger partial charge in [-0.1, -0.05) is 12.1 Å². The first-order valence-corrected chi connectivity index (χ1v) is 8.03. The summed E-state index contributed by atoms with van der Waals surface area (Å²) in [5.41, 5.74) is 1.58. The molecule has 2 aromatic carbocycles. The third kappa shape index (κ3) is 4.52. The number of aromatic nitrogens is 1. The Hall–Kier alpha value is -3.61. The van der Waals surface area contributed by atoms with Gasteiger partial charge in [-0.15, -0.1) is 0 Å². The molecular weight excluding hydrogens is 352 g/mol. The topological polar surface area (TPSA) is 71.1 Å². The Balaban J connectivity index is 1.76. The number of halogens is 2. The van der Waals surface area contributed by atoms with Crippen molar-refractivity contribution in [1.29, 1.82) is 0 Å². The zero-order valence-electron chi connectivity index (χ0n) is 14.3. The number of hydrogen-bond acceptors (Lipinski definition) is 4. The Morgan fingerprint density at radius 2 is 1.70 bits per heavy atom. The monoisotopic (exact) mass is 367 g/mol. The average molecular weight is 367 g/mol. The van der Waals surface area contributed by atoms with Crippen molar-refractivity contribution in [2.75, 3.05) is 10.6 Å². The first-order chi connectivity index (χ1) is 12.9. The van der Waals surface area contributed by atoms with Gasteiger partial charge in [0.05, 0.1) is 0 Å². The van der Waals surface area contributed by atoms with E-state index in [1.165, 1.54) is 31.3 Å². The van der Waals surface area contributed by atoms with Gasteiger partial charge in [-0.2, -0.15) is 0 Å². The second kappa shape index (κ2) is 7.74. The Morgan fingerprint density at radius 3 is 2.44 bits per heavy atom. The van der Waals surface area contributed by atoms with Crippen LogP contribution in [0.5, 0.6) is 0 Å².